The minimum absolute atomic E-state index is 0.150. The topological polar surface area (TPSA) is 46.5 Å². The molecular formula is C3H2F2O3. The molecular weight excluding hydrogens is 122 g/mol. The first-order chi connectivity index (χ1) is 3.63. The summed E-state index contributed by atoms with van der Waals surface area (Å²) in [6.07, 6.45) is -4.08. The lowest BCUT2D eigenvalue weighted by Gasteiger charge is -1.84. The minimum Gasteiger partial charge on any atom is -0.449 e. The van der Waals surface area contributed by atoms with Crippen molar-refractivity contribution in [2.75, 3.05) is 0 Å². The minimum atomic E-state index is -2.17. The van der Waals surface area contributed by atoms with Crippen LogP contribution >= 0.6 is 0 Å². The first-order valence-corrected chi connectivity index (χ1v) is 1.53. The van der Waals surface area contributed by atoms with Gasteiger partial charge in [0.15, 0.2) is 6.26 Å². The first-order valence-electron chi connectivity index (χ1n) is 1.53. The van der Waals surface area contributed by atoms with Crippen LogP contribution in [0, 0.1) is 0 Å². The summed E-state index contributed by atoms with van der Waals surface area (Å²) in [7, 11) is 0. The molecule has 0 fully saturated rings. The maximum absolute atomic E-state index is 10.9. The normalized spacial score (nSPS) is 7.75. The van der Waals surface area contributed by atoms with E-state index in [0.29, 0.717) is 0 Å². The predicted molar refractivity (Wildman–Crippen MR) is 19.4 cm³/mol. The van der Waals surface area contributed by atoms with Crippen LogP contribution in [0.4, 0.5) is 13.6 Å². The zero-order chi connectivity index (χ0) is 6.57. The van der Waals surface area contributed by atoms with Crippen LogP contribution in [-0.4, -0.2) is 11.3 Å². The van der Waals surface area contributed by atoms with Gasteiger partial charge in [0.25, 0.3) is 0 Å². The van der Waals surface area contributed by atoms with Gasteiger partial charge in [0.2, 0.25) is 0 Å². The van der Waals surface area contributed by atoms with E-state index < -0.39 is 12.2 Å². The summed E-state index contributed by atoms with van der Waals surface area (Å²) in [6.45, 7) is 0. The zero-order valence-corrected chi connectivity index (χ0v) is 3.60. The molecule has 0 saturated carbocycles. The molecule has 8 heavy (non-hydrogen) atoms. The summed E-state index contributed by atoms with van der Waals surface area (Å²) in [4.78, 5) is 9.30. The first kappa shape index (κ1) is 6.87. The molecule has 3 nitrogen and oxygen atoms in total. The molecule has 5 heteroatoms. The maximum Gasteiger partial charge on any atom is 0.510 e. The molecule has 0 heterocycles. The molecule has 0 aromatic heterocycles. The molecule has 0 radical (unpaired) electrons. The van der Waals surface area contributed by atoms with Crippen LogP contribution in [0.25, 0.3) is 0 Å². The molecule has 0 atom stereocenters. The van der Waals surface area contributed by atoms with E-state index in [9.17, 15) is 13.6 Å². The van der Waals surface area contributed by atoms with Crippen molar-refractivity contribution in [3.8, 4) is 0 Å². The van der Waals surface area contributed by atoms with Gasteiger partial charge in [-0.3, -0.25) is 0 Å². The van der Waals surface area contributed by atoms with Crippen LogP contribution in [0.2, 0.25) is 0 Å². The highest BCUT2D eigenvalue weighted by molar-refractivity contribution is 5.57. The molecule has 46 valence electrons. The van der Waals surface area contributed by atoms with Crippen molar-refractivity contribution in [3.63, 3.8) is 0 Å². The molecule has 0 bridgehead atoms. The Bertz CT molecular complexity index is 116. The standard InChI is InChI=1S/C3H2F2O3/c4-2(5)1-8-3(6)7/h1H,(H,6,7). The van der Waals surface area contributed by atoms with Gasteiger partial charge in [-0.05, 0) is 0 Å². The van der Waals surface area contributed by atoms with Crippen molar-refractivity contribution in [1.29, 1.82) is 0 Å². The number of carbonyl (C=O) groups is 1. The van der Waals surface area contributed by atoms with Crippen molar-refractivity contribution in [2.24, 2.45) is 0 Å². The second kappa shape index (κ2) is 2.95. The van der Waals surface area contributed by atoms with E-state index in [1.807, 2.05) is 0 Å². The fourth-order valence-corrected chi connectivity index (χ4v) is 0.0950. The van der Waals surface area contributed by atoms with E-state index in [1.54, 1.807) is 0 Å². The summed E-state index contributed by atoms with van der Waals surface area (Å²) in [5.41, 5.74) is 0. The zero-order valence-electron chi connectivity index (χ0n) is 3.60. The number of hydrogen-bond acceptors (Lipinski definition) is 2. The fraction of sp³-hybridized carbons (Fsp3) is 0. The predicted octanol–water partition coefficient (Wildman–Crippen LogP) is 1.42. The number of ether oxygens (including phenoxy) is 1. The molecule has 0 amide bonds. The molecule has 0 aliphatic carbocycles. The van der Waals surface area contributed by atoms with E-state index in [4.69, 9.17) is 5.11 Å². The van der Waals surface area contributed by atoms with Gasteiger partial charge in [0.05, 0.1) is 0 Å². The Morgan fingerprint density at radius 1 is 1.62 bits per heavy atom. The number of hydrogen-bond donors (Lipinski definition) is 1. The highest BCUT2D eigenvalue weighted by atomic mass is 19.3. The van der Waals surface area contributed by atoms with Crippen LogP contribution in [0.15, 0.2) is 12.3 Å². The molecule has 0 spiro atoms. The largest absolute Gasteiger partial charge is 0.510 e. The summed E-state index contributed by atoms with van der Waals surface area (Å²) < 4.78 is 25.0. The Hall–Kier alpha value is -1.13. The molecule has 0 aromatic rings. The van der Waals surface area contributed by atoms with E-state index in [0.717, 1.165) is 0 Å². The summed E-state index contributed by atoms with van der Waals surface area (Å²) in [6, 6.07) is 0. The number of halogens is 2. The smallest absolute Gasteiger partial charge is 0.449 e. The van der Waals surface area contributed by atoms with Gasteiger partial charge in [-0.25, -0.2) is 4.79 Å². The summed E-state index contributed by atoms with van der Waals surface area (Å²) >= 11 is 0. The van der Waals surface area contributed by atoms with Gasteiger partial charge in [-0.15, -0.1) is 0 Å². The second-order valence-electron chi connectivity index (χ2n) is 0.791. The molecule has 0 unspecified atom stereocenters. The Morgan fingerprint density at radius 3 is 2.25 bits per heavy atom. The van der Waals surface area contributed by atoms with E-state index in [-0.39, 0.29) is 6.26 Å². The molecule has 0 aliphatic rings. The highest BCUT2D eigenvalue weighted by Crippen LogP contribution is 1.95. The maximum atomic E-state index is 10.9. The van der Waals surface area contributed by atoms with Crippen molar-refractivity contribution < 1.29 is 23.4 Å². The lowest BCUT2D eigenvalue weighted by Crippen LogP contribution is -1.91. The van der Waals surface area contributed by atoms with Gasteiger partial charge in [0, 0.05) is 0 Å². The van der Waals surface area contributed by atoms with Crippen LogP contribution in [0.3, 0.4) is 0 Å². The lowest BCUT2D eigenvalue weighted by atomic mass is 11.0. The Labute approximate surface area is 43.2 Å². The SMILES string of the molecule is O=C(O)OC=C(F)F. The van der Waals surface area contributed by atoms with E-state index in [2.05, 4.69) is 4.74 Å². The summed E-state index contributed by atoms with van der Waals surface area (Å²) in [5.74, 6) is 0. The Morgan fingerprint density at radius 2 is 2.12 bits per heavy atom. The number of rotatable bonds is 1. The third-order valence-corrected chi connectivity index (χ3v) is 0.249. The molecule has 1 N–H and O–H groups in total. The van der Waals surface area contributed by atoms with Crippen LogP contribution in [0.1, 0.15) is 0 Å². The van der Waals surface area contributed by atoms with Crippen molar-refractivity contribution in [1.82, 2.24) is 0 Å². The van der Waals surface area contributed by atoms with Crippen LogP contribution in [-0.2, 0) is 4.74 Å². The Balaban J connectivity index is 3.45. The average molecular weight is 124 g/mol. The fourth-order valence-electron chi connectivity index (χ4n) is 0.0950. The monoisotopic (exact) mass is 124 g/mol. The highest BCUT2D eigenvalue weighted by Gasteiger charge is 1.93. The average Bonchev–Trinajstić information content (AvgIpc) is 1.61. The van der Waals surface area contributed by atoms with Gasteiger partial charge in [0.1, 0.15) is 0 Å². The van der Waals surface area contributed by atoms with E-state index >= 15 is 0 Å². The molecule has 0 rings (SSSR count). The van der Waals surface area contributed by atoms with E-state index in [1.165, 1.54) is 0 Å². The van der Waals surface area contributed by atoms with Gasteiger partial charge < -0.3 is 9.84 Å². The molecule has 0 aromatic carbocycles. The van der Waals surface area contributed by atoms with Gasteiger partial charge in [-0.2, -0.15) is 8.78 Å². The Kier molecular flexibility index (Phi) is 2.53. The molecule has 0 aliphatic heterocycles. The van der Waals surface area contributed by atoms with Gasteiger partial charge in [-0.1, -0.05) is 0 Å². The van der Waals surface area contributed by atoms with Gasteiger partial charge >= 0.3 is 12.2 Å². The third kappa shape index (κ3) is 4.87. The quantitative estimate of drug-likeness (QED) is 0.424. The van der Waals surface area contributed by atoms with Crippen LogP contribution in [0.5, 0.6) is 0 Å². The van der Waals surface area contributed by atoms with Crippen molar-refractivity contribution in [3.05, 3.63) is 12.3 Å². The third-order valence-electron chi connectivity index (χ3n) is 0.249. The van der Waals surface area contributed by atoms with Crippen molar-refractivity contribution >= 4 is 6.16 Å². The number of carboxylic acid groups (broad SMARTS) is 1. The second-order valence-corrected chi connectivity index (χ2v) is 0.791. The lowest BCUT2D eigenvalue weighted by molar-refractivity contribution is 0.124. The van der Waals surface area contributed by atoms with Crippen LogP contribution < -0.4 is 0 Å². The van der Waals surface area contributed by atoms with Crippen molar-refractivity contribution in [2.45, 2.75) is 0 Å². The molecule has 0 saturated heterocycles. The summed E-state index contributed by atoms with van der Waals surface area (Å²) in [5, 5.41) is 7.56.